The predicted octanol–water partition coefficient (Wildman–Crippen LogP) is 4.47. The zero-order valence-corrected chi connectivity index (χ0v) is 15.4. The monoisotopic (exact) mass is 372 g/mol. The number of benzene rings is 2. The first-order valence-corrected chi connectivity index (χ1v) is 9.56. The standard InChI is InChI=1S/C22H20N4O2/c27-22(28)16-5-7-18-19(13-16)25-21(26-10-2-1-3-11-26)20(24-18)15-4-6-17-14(12-15)8-9-23-17/h4-9,12-13,23H,1-3,10-11H2,(H,27,28). The number of aromatic carboxylic acids is 1. The number of carbonyl (C=O) groups is 1. The van der Waals surface area contributed by atoms with Crippen LogP contribution in [-0.2, 0) is 0 Å². The van der Waals surface area contributed by atoms with Gasteiger partial charge in [-0.2, -0.15) is 0 Å². The van der Waals surface area contributed by atoms with Gasteiger partial charge in [0.05, 0.1) is 16.6 Å². The van der Waals surface area contributed by atoms with Gasteiger partial charge in [0.1, 0.15) is 5.69 Å². The van der Waals surface area contributed by atoms with Crippen molar-refractivity contribution in [3.05, 3.63) is 54.2 Å². The van der Waals surface area contributed by atoms with Crippen LogP contribution < -0.4 is 4.90 Å². The first-order valence-electron chi connectivity index (χ1n) is 9.56. The number of fused-ring (bicyclic) bond motifs is 2. The minimum atomic E-state index is -0.954. The molecule has 2 N–H and O–H groups in total. The molecule has 28 heavy (non-hydrogen) atoms. The third kappa shape index (κ3) is 2.87. The topological polar surface area (TPSA) is 82.1 Å². The third-order valence-corrected chi connectivity index (χ3v) is 5.38. The average molecular weight is 372 g/mol. The van der Waals surface area contributed by atoms with Crippen molar-refractivity contribution in [3.8, 4) is 11.3 Å². The van der Waals surface area contributed by atoms with Gasteiger partial charge >= 0.3 is 5.97 Å². The van der Waals surface area contributed by atoms with Crippen LogP contribution in [0.25, 0.3) is 33.2 Å². The summed E-state index contributed by atoms with van der Waals surface area (Å²) in [6.07, 6.45) is 5.42. The molecule has 140 valence electrons. The van der Waals surface area contributed by atoms with Crippen LogP contribution in [0.15, 0.2) is 48.7 Å². The molecule has 0 unspecified atom stereocenters. The van der Waals surface area contributed by atoms with Gasteiger partial charge in [0, 0.05) is 35.8 Å². The van der Waals surface area contributed by atoms with Crippen molar-refractivity contribution in [2.24, 2.45) is 0 Å². The van der Waals surface area contributed by atoms with Gasteiger partial charge in [-0.1, -0.05) is 6.07 Å². The number of hydrogen-bond donors (Lipinski definition) is 2. The minimum absolute atomic E-state index is 0.230. The summed E-state index contributed by atoms with van der Waals surface area (Å²) in [5.41, 5.74) is 4.50. The van der Waals surface area contributed by atoms with E-state index in [2.05, 4.69) is 28.1 Å². The van der Waals surface area contributed by atoms with Gasteiger partial charge in [-0.15, -0.1) is 0 Å². The van der Waals surface area contributed by atoms with Gasteiger partial charge in [0.15, 0.2) is 5.82 Å². The highest BCUT2D eigenvalue weighted by Gasteiger charge is 2.20. The van der Waals surface area contributed by atoms with E-state index < -0.39 is 5.97 Å². The lowest BCUT2D eigenvalue weighted by Crippen LogP contribution is -2.31. The number of aromatic amines is 1. The molecule has 1 saturated heterocycles. The number of carboxylic acids is 1. The number of H-pyrrole nitrogens is 1. The molecule has 1 aliphatic rings. The Labute approximate surface area is 161 Å². The molecule has 1 fully saturated rings. The van der Waals surface area contributed by atoms with Crippen molar-refractivity contribution in [1.82, 2.24) is 15.0 Å². The minimum Gasteiger partial charge on any atom is -0.478 e. The number of rotatable bonds is 3. The number of nitrogens with zero attached hydrogens (tertiary/aromatic N) is 3. The summed E-state index contributed by atoms with van der Waals surface area (Å²) in [5, 5.41) is 10.4. The second-order valence-electron chi connectivity index (χ2n) is 7.23. The Kier molecular flexibility index (Phi) is 3.97. The van der Waals surface area contributed by atoms with E-state index in [0.29, 0.717) is 11.0 Å². The maximum absolute atomic E-state index is 11.4. The molecule has 6 nitrogen and oxygen atoms in total. The lowest BCUT2D eigenvalue weighted by molar-refractivity contribution is 0.0697. The molecule has 0 aliphatic carbocycles. The van der Waals surface area contributed by atoms with E-state index in [1.807, 2.05) is 12.3 Å². The highest BCUT2D eigenvalue weighted by atomic mass is 16.4. The molecular weight excluding hydrogens is 352 g/mol. The van der Waals surface area contributed by atoms with Gasteiger partial charge in [0.2, 0.25) is 0 Å². The predicted molar refractivity (Wildman–Crippen MR) is 110 cm³/mol. The van der Waals surface area contributed by atoms with Crippen LogP contribution in [-0.4, -0.2) is 39.1 Å². The van der Waals surface area contributed by atoms with Crippen LogP contribution in [0, 0.1) is 0 Å². The molecule has 2 aromatic carbocycles. The van der Waals surface area contributed by atoms with Crippen LogP contribution in [0.5, 0.6) is 0 Å². The Bertz CT molecular complexity index is 1190. The van der Waals surface area contributed by atoms with Gasteiger partial charge in [-0.3, -0.25) is 0 Å². The summed E-state index contributed by atoms with van der Waals surface area (Å²) < 4.78 is 0. The van der Waals surface area contributed by atoms with Gasteiger partial charge < -0.3 is 15.0 Å². The largest absolute Gasteiger partial charge is 0.478 e. The van der Waals surface area contributed by atoms with Crippen LogP contribution in [0.4, 0.5) is 5.82 Å². The molecule has 1 aliphatic heterocycles. The molecular formula is C22H20N4O2. The molecule has 0 radical (unpaired) electrons. The molecule has 0 spiro atoms. The Morgan fingerprint density at radius 3 is 2.64 bits per heavy atom. The number of piperidine rings is 1. The molecule has 3 heterocycles. The summed E-state index contributed by atoms with van der Waals surface area (Å²) in [5.74, 6) is -0.116. The average Bonchev–Trinajstić information content (AvgIpc) is 3.21. The van der Waals surface area contributed by atoms with Crippen molar-refractivity contribution < 1.29 is 9.90 Å². The van der Waals surface area contributed by atoms with Crippen LogP contribution in [0.3, 0.4) is 0 Å². The van der Waals surface area contributed by atoms with Crippen LogP contribution in [0.1, 0.15) is 29.6 Å². The van der Waals surface area contributed by atoms with Crippen molar-refractivity contribution >= 4 is 33.7 Å². The lowest BCUT2D eigenvalue weighted by Gasteiger charge is -2.29. The van der Waals surface area contributed by atoms with Crippen LogP contribution in [0.2, 0.25) is 0 Å². The van der Waals surface area contributed by atoms with E-state index in [1.54, 1.807) is 18.2 Å². The Morgan fingerprint density at radius 1 is 0.964 bits per heavy atom. The number of anilines is 1. The molecule has 0 atom stereocenters. The molecule has 2 aromatic heterocycles. The summed E-state index contributed by atoms with van der Waals surface area (Å²) in [6, 6.07) is 13.2. The maximum Gasteiger partial charge on any atom is 0.335 e. The molecule has 4 aromatic rings. The Hall–Kier alpha value is -3.41. The molecule has 0 amide bonds. The summed E-state index contributed by atoms with van der Waals surface area (Å²) in [7, 11) is 0. The summed E-state index contributed by atoms with van der Waals surface area (Å²) in [4.78, 5) is 26.6. The van der Waals surface area contributed by atoms with Gasteiger partial charge in [-0.05, 0) is 55.7 Å². The fourth-order valence-electron chi connectivity index (χ4n) is 3.90. The smallest absolute Gasteiger partial charge is 0.335 e. The van der Waals surface area contributed by atoms with Gasteiger partial charge in [-0.25, -0.2) is 14.8 Å². The number of aromatic nitrogens is 3. The molecule has 0 saturated carbocycles. The molecule has 5 rings (SSSR count). The van der Waals surface area contributed by atoms with E-state index in [9.17, 15) is 9.90 Å². The molecule has 0 bridgehead atoms. The number of carboxylic acid groups (broad SMARTS) is 1. The van der Waals surface area contributed by atoms with Gasteiger partial charge in [0.25, 0.3) is 0 Å². The highest BCUT2D eigenvalue weighted by molar-refractivity contribution is 5.94. The summed E-state index contributed by atoms with van der Waals surface area (Å²) in [6.45, 7) is 1.89. The fourth-order valence-corrected chi connectivity index (χ4v) is 3.90. The maximum atomic E-state index is 11.4. The van der Waals surface area contributed by atoms with E-state index >= 15 is 0 Å². The zero-order valence-electron chi connectivity index (χ0n) is 15.4. The quantitative estimate of drug-likeness (QED) is 0.555. The number of nitrogens with one attached hydrogen (secondary N) is 1. The zero-order chi connectivity index (χ0) is 19.1. The van der Waals surface area contributed by atoms with E-state index in [4.69, 9.17) is 9.97 Å². The second-order valence-corrected chi connectivity index (χ2v) is 7.23. The van der Waals surface area contributed by atoms with Crippen molar-refractivity contribution in [3.63, 3.8) is 0 Å². The normalized spacial score (nSPS) is 14.6. The highest BCUT2D eigenvalue weighted by Crippen LogP contribution is 2.33. The van der Waals surface area contributed by atoms with E-state index in [-0.39, 0.29) is 5.56 Å². The van der Waals surface area contributed by atoms with Crippen molar-refractivity contribution in [2.75, 3.05) is 18.0 Å². The first kappa shape index (κ1) is 16.7. The van der Waals surface area contributed by atoms with Crippen molar-refractivity contribution in [2.45, 2.75) is 19.3 Å². The lowest BCUT2D eigenvalue weighted by atomic mass is 10.1. The first-order chi connectivity index (χ1) is 13.7. The SMILES string of the molecule is O=C(O)c1ccc2nc(-c3ccc4[nH]ccc4c3)c(N3CCCCC3)nc2c1. The third-order valence-electron chi connectivity index (χ3n) is 5.38. The van der Waals surface area contributed by atoms with Crippen molar-refractivity contribution in [1.29, 1.82) is 0 Å². The Balaban J connectivity index is 1.72. The Morgan fingerprint density at radius 2 is 1.82 bits per heavy atom. The summed E-state index contributed by atoms with van der Waals surface area (Å²) >= 11 is 0. The van der Waals surface area contributed by atoms with E-state index in [1.165, 1.54) is 6.42 Å². The second kappa shape index (κ2) is 6.64. The van der Waals surface area contributed by atoms with E-state index in [0.717, 1.165) is 53.9 Å². The number of hydrogen-bond acceptors (Lipinski definition) is 4. The molecule has 6 heteroatoms. The van der Waals surface area contributed by atoms with Crippen LogP contribution >= 0.6 is 0 Å². The fraction of sp³-hybridized carbons (Fsp3) is 0.227.